The first-order valence-corrected chi connectivity index (χ1v) is 8.96. The summed E-state index contributed by atoms with van der Waals surface area (Å²) in [5, 5.41) is 0. The van der Waals surface area contributed by atoms with Crippen LogP contribution in [-0.4, -0.2) is 19.8 Å². The van der Waals surface area contributed by atoms with Crippen molar-refractivity contribution in [3.63, 3.8) is 0 Å². The number of hydrogen-bond acceptors (Lipinski definition) is 3. The van der Waals surface area contributed by atoms with Crippen LogP contribution in [0.25, 0.3) is 0 Å². The summed E-state index contributed by atoms with van der Waals surface area (Å²) in [6.45, 7) is 1.51. The molecular weight excluding hydrogens is 384 g/mol. The first-order chi connectivity index (χ1) is 9.73. The predicted octanol–water partition coefficient (Wildman–Crippen LogP) is 4.17. The number of nitrogens with zero attached hydrogens (tertiary/aromatic N) is 1. The van der Waals surface area contributed by atoms with Gasteiger partial charge in [0.05, 0.1) is 3.79 Å². The van der Waals surface area contributed by atoms with E-state index in [4.69, 9.17) is 0 Å². The molecule has 21 heavy (non-hydrogen) atoms. The summed E-state index contributed by atoms with van der Waals surface area (Å²) < 4.78 is 53.8. The van der Waals surface area contributed by atoms with Gasteiger partial charge in [-0.3, -0.25) is 0 Å². The molecular formula is C13H12BrF2NO2S2. The van der Waals surface area contributed by atoms with E-state index >= 15 is 0 Å². The van der Waals surface area contributed by atoms with Crippen molar-refractivity contribution in [3.8, 4) is 0 Å². The Bertz CT molecular complexity index is 761. The number of sulfonamides is 1. The Labute approximate surface area is 134 Å². The average Bonchev–Trinajstić information content (AvgIpc) is 2.87. The lowest BCUT2D eigenvalue weighted by Crippen LogP contribution is -2.29. The summed E-state index contributed by atoms with van der Waals surface area (Å²) >= 11 is 4.26. The molecule has 0 radical (unpaired) electrons. The van der Waals surface area contributed by atoms with E-state index in [1.165, 1.54) is 20.0 Å². The van der Waals surface area contributed by atoms with Crippen LogP contribution >= 0.6 is 27.3 Å². The van der Waals surface area contributed by atoms with Gasteiger partial charge in [-0.05, 0) is 53.2 Å². The SMILES string of the molecule is CC(c1cc(F)ccc1F)N(C)S(=O)(=O)c1ccc(Br)s1. The third-order valence-corrected chi connectivity index (χ3v) is 7.15. The van der Waals surface area contributed by atoms with Crippen molar-refractivity contribution in [2.75, 3.05) is 7.05 Å². The highest BCUT2D eigenvalue weighted by molar-refractivity contribution is 9.11. The second-order valence-corrected chi connectivity index (χ2v) is 9.11. The molecule has 1 heterocycles. The van der Waals surface area contributed by atoms with Crippen LogP contribution in [0, 0.1) is 11.6 Å². The van der Waals surface area contributed by atoms with Crippen molar-refractivity contribution in [1.82, 2.24) is 4.31 Å². The van der Waals surface area contributed by atoms with E-state index in [0.717, 1.165) is 33.8 Å². The highest BCUT2D eigenvalue weighted by atomic mass is 79.9. The summed E-state index contributed by atoms with van der Waals surface area (Å²) in [6.07, 6.45) is 0. The Morgan fingerprint density at radius 3 is 2.48 bits per heavy atom. The molecule has 1 unspecified atom stereocenters. The molecule has 0 aliphatic heterocycles. The Morgan fingerprint density at radius 2 is 1.90 bits per heavy atom. The monoisotopic (exact) mass is 395 g/mol. The summed E-state index contributed by atoms with van der Waals surface area (Å²) in [5.74, 6) is -1.25. The summed E-state index contributed by atoms with van der Waals surface area (Å²) in [7, 11) is -2.42. The zero-order chi connectivity index (χ0) is 15.8. The van der Waals surface area contributed by atoms with E-state index in [9.17, 15) is 17.2 Å². The molecule has 0 amide bonds. The van der Waals surface area contributed by atoms with Crippen molar-refractivity contribution in [3.05, 3.63) is 51.3 Å². The standard InChI is InChI=1S/C13H12BrF2NO2S2/c1-8(10-7-9(15)3-4-11(10)16)17(2)21(18,19)13-6-5-12(14)20-13/h3-8H,1-2H3. The third kappa shape index (κ3) is 3.33. The van der Waals surface area contributed by atoms with E-state index < -0.39 is 27.7 Å². The number of halogens is 3. The maximum atomic E-state index is 13.8. The van der Waals surface area contributed by atoms with Crippen LogP contribution in [-0.2, 0) is 10.0 Å². The van der Waals surface area contributed by atoms with Crippen molar-refractivity contribution in [2.45, 2.75) is 17.2 Å². The lowest BCUT2D eigenvalue weighted by atomic mass is 10.1. The number of hydrogen-bond donors (Lipinski definition) is 0. The zero-order valence-electron chi connectivity index (χ0n) is 11.2. The van der Waals surface area contributed by atoms with Crippen LogP contribution in [0.5, 0.6) is 0 Å². The summed E-state index contributed by atoms with van der Waals surface area (Å²) in [4.78, 5) is 0. The lowest BCUT2D eigenvalue weighted by molar-refractivity contribution is 0.387. The highest BCUT2D eigenvalue weighted by Gasteiger charge is 2.29. The van der Waals surface area contributed by atoms with Crippen molar-refractivity contribution in [1.29, 1.82) is 0 Å². The fraction of sp³-hybridized carbons (Fsp3) is 0.231. The molecule has 0 fully saturated rings. The summed E-state index contributed by atoms with van der Waals surface area (Å²) in [5.41, 5.74) is -0.00306. The molecule has 0 saturated heterocycles. The van der Waals surface area contributed by atoms with Gasteiger partial charge in [0.1, 0.15) is 15.8 Å². The van der Waals surface area contributed by atoms with Gasteiger partial charge in [0.25, 0.3) is 10.0 Å². The molecule has 2 aromatic rings. The molecule has 114 valence electrons. The van der Waals surface area contributed by atoms with Crippen LogP contribution in [0.4, 0.5) is 8.78 Å². The normalized spacial score (nSPS) is 13.6. The van der Waals surface area contributed by atoms with Gasteiger partial charge in [0.15, 0.2) is 0 Å². The largest absolute Gasteiger partial charge is 0.252 e. The molecule has 2 rings (SSSR count). The van der Waals surface area contributed by atoms with Crippen LogP contribution in [0.1, 0.15) is 18.5 Å². The quantitative estimate of drug-likeness (QED) is 0.778. The van der Waals surface area contributed by atoms with E-state index in [1.807, 2.05) is 0 Å². The molecule has 0 bridgehead atoms. The van der Waals surface area contributed by atoms with E-state index in [1.54, 1.807) is 6.07 Å². The Balaban J connectivity index is 2.39. The Morgan fingerprint density at radius 1 is 1.24 bits per heavy atom. The van der Waals surface area contributed by atoms with Crippen molar-refractivity contribution < 1.29 is 17.2 Å². The molecule has 0 aliphatic carbocycles. The molecule has 1 aromatic carbocycles. The van der Waals surface area contributed by atoms with Gasteiger partial charge >= 0.3 is 0 Å². The van der Waals surface area contributed by atoms with Gasteiger partial charge in [-0.25, -0.2) is 17.2 Å². The molecule has 8 heteroatoms. The van der Waals surface area contributed by atoms with Gasteiger partial charge in [-0.1, -0.05) is 0 Å². The Hall–Kier alpha value is -0.830. The van der Waals surface area contributed by atoms with Gasteiger partial charge in [-0.15, -0.1) is 11.3 Å². The van der Waals surface area contributed by atoms with Crippen LogP contribution in [0.3, 0.4) is 0 Å². The fourth-order valence-corrected chi connectivity index (χ4v) is 5.36. The van der Waals surface area contributed by atoms with Crippen molar-refractivity contribution in [2.24, 2.45) is 0 Å². The smallest absolute Gasteiger partial charge is 0.207 e. The van der Waals surface area contributed by atoms with Crippen molar-refractivity contribution >= 4 is 37.3 Å². The van der Waals surface area contributed by atoms with Gasteiger partial charge in [-0.2, -0.15) is 4.31 Å². The lowest BCUT2D eigenvalue weighted by Gasteiger charge is -2.24. The minimum Gasteiger partial charge on any atom is -0.207 e. The van der Waals surface area contributed by atoms with Crippen LogP contribution in [0.15, 0.2) is 38.3 Å². The number of thiophene rings is 1. The average molecular weight is 396 g/mol. The van der Waals surface area contributed by atoms with Gasteiger partial charge < -0.3 is 0 Å². The summed E-state index contributed by atoms with van der Waals surface area (Å²) in [6, 6.07) is 5.26. The second kappa shape index (κ2) is 6.12. The first kappa shape index (κ1) is 16.5. The molecule has 0 N–H and O–H groups in total. The predicted molar refractivity (Wildman–Crippen MR) is 81.7 cm³/mol. The molecule has 1 aromatic heterocycles. The topological polar surface area (TPSA) is 37.4 Å². The Kier molecular flexibility index (Phi) is 4.82. The number of benzene rings is 1. The highest BCUT2D eigenvalue weighted by Crippen LogP contribution is 2.32. The molecule has 0 saturated carbocycles. The zero-order valence-corrected chi connectivity index (χ0v) is 14.4. The van der Waals surface area contributed by atoms with E-state index in [-0.39, 0.29) is 9.77 Å². The minimum absolute atomic E-state index is 0.00306. The molecule has 0 spiro atoms. The van der Waals surface area contributed by atoms with Gasteiger partial charge in [0.2, 0.25) is 0 Å². The van der Waals surface area contributed by atoms with E-state index in [2.05, 4.69) is 15.9 Å². The molecule has 1 atom stereocenters. The maximum absolute atomic E-state index is 13.8. The van der Waals surface area contributed by atoms with Gasteiger partial charge in [0, 0.05) is 18.7 Å². The molecule has 0 aliphatic rings. The molecule has 3 nitrogen and oxygen atoms in total. The number of rotatable bonds is 4. The van der Waals surface area contributed by atoms with Crippen LogP contribution < -0.4 is 0 Å². The fourth-order valence-electron chi connectivity index (χ4n) is 1.82. The minimum atomic E-state index is -3.76. The maximum Gasteiger partial charge on any atom is 0.252 e. The third-order valence-electron chi connectivity index (χ3n) is 3.14. The van der Waals surface area contributed by atoms with E-state index in [0.29, 0.717) is 3.79 Å². The second-order valence-electron chi connectivity index (χ2n) is 4.42. The first-order valence-electron chi connectivity index (χ1n) is 5.92. The van der Waals surface area contributed by atoms with Crippen LogP contribution in [0.2, 0.25) is 0 Å².